The molecule has 224 valence electrons. The van der Waals surface area contributed by atoms with Crippen molar-refractivity contribution in [2.24, 2.45) is 10.8 Å². The third kappa shape index (κ3) is 9.19. The van der Waals surface area contributed by atoms with Crippen LogP contribution in [0.2, 0.25) is 0 Å². The van der Waals surface area contributed by atoms with E-state index in [1.807, 2.05) is 39.0 Å². The number of benzene rings is 2. The summed E-state index contributed by atoms with van der Waals surface area (Å²) < 4.78 is 1.41. The van der Waals surface area contributed by atoms with Crippen LogP contribution in [0.4, 0.5) is 17.1 Å². The normalized spacial score (nSPS) is 11.2. The van der Waals surface area contributed by atoms with Crippen molar-refractivity contribution in [3.63, 3.8) is 0 Å². The second-order valence-electron chi connectivity index (χ2n) is 11.3. The van der Waals surface area contributed by atoms with Crippen LogP contribution in [0.25, 0.3) is 22.8 Å². The second kappa shape index (κ2) is 13.9. The summed E-state index contributed by atoms with van der Waals surface area (Å²) in [5.74, 6) is 0.497. The molecule has 0 saturated carbocycles. The van der Waals surface area contributed by atoms with Crippen molar-refractivity contribution in [2.45, 2.75) is 41.5 Å². The Labute approximate surface area is 266 Å². The average molecular weight is 713 g/mol. The van der Waals surface area contributed by atoms with E-state index in [2.05, 4.69) is 62.4 Å². The van der Waals surface area contributed by atoms with Crippen molar-refractivity contribution in [1.82, 2.24) is 19.9 Å². The van der Waals surface area contributed by atoms with Crippen LogP contribution < -0.4 is 10.6 Å². The fourth-order valence-electron chi connectivity index (χ4n) is 3.34. The van der Waals surface area contributed by atoms with E-state index < -0.39 is 15.8 Å². The number of carbonyl (C=O) groups excluding carboxylic acids is 2. The SMILES string of the molecule is CC(C)(C)C(=O)Nc1c(-c2ncccn2)cc(Br)cc1[N+](=O)[O-].CC(C)(C)C(=O)Nc1ccc(Br)cc1-c1ncccn1. The molecule has 0 atom stereocenters. The minimum Gasteiger partial charge on any atom is -0.325 e. The lowest BCUT2D eigenvalue weighted by atomic mass is 9.95. The molecule has 0 spiro atoms. The van der Waals surface area contributed by atoms with Gasteiger partial charge in [-0.3, -0.25) is 19.7 Å². The number of carbonyl (C=O) groups is 2. The summed E-state index contributed by atoms with van der Waals surface area (Å²) in [6.07, 6.45) is 6.42. The van der Waals surface area contributed by atoms with E-state index in [0.717, 1.165) is 10.0 Å². The first-order valence-corrected chi connectivity index (χ1v) is 14.6. The van der Waals surface area contributed by atoms with Crippen molar-refractivity contribution in [3.05, 3.63) is 86.3 Å². The van der Waals surface area contributed by atoms with Crippen LogP contribution in [0.5, 0.6) is 0 Å². The maximum atomic E-state index is 12.3. The molecule has 4 rings (SSSR count). The minimum atomic E-state index is -0.699. The fraction of sp³-hybridized carbons (Fsp3) is 0.267. The summed E-state index contributed by atoms with van der Waals surface area (Å²) in [5.41, 5.74) is 0.586. The Kier molecular flexibility index (Phi) is 10.8. The molecule has 0 bridgehead atoms. The van der Waals surface area contributed by atoms with Crippen molar-refractivity contribution < 1.29 is 14.5 Å². The smallest absolute Gasteiger partial charge is 0.294 e. The highest BCUT2D eigenvalue weighted by Crippen LogP contribution is 2.38. The van der Waals surface area contributed by atoms with Crippen LogP contribution >= 0.6 is 31.9 Å². The molecule has 0 aliphatic heterocycles. The van der Waals surface area contributed by atoms with Gasteiger partial charge in [0.2, 0.25) is 11.8 Å². The van der Waals surface area contributed by atoms with Crippen molar-refractivity contribution in [3.8, 4) is 22.8 Å². The first-order valence-electron chi connectivity index (χ1n) is 13.0. The van der Waals surface area contributed by atoms with Crippen LogP contribution in [0.15, 0.2) is 76.2 Å². The standard InChI is InChI=1S/C15H15BrN4O3.C15H16BrN3O/c1-15(2,3)14(21)19-12-10(13-17-5-4-6-18-13)7-9(16)8-11(12)20(22)23;1-15(2,3)14(20)19-12-6-5-10(16)9-11(12)13-17-7-4-8-18-13/h4-8H,1-3H3,(H,19,21);4-9H,1-3H3,(H,19,20). The molecule has 2 heterocycles. The Morgan fingerprint density at radius 1 is 0.721 bits per heavy atom. The van der Waals surface area contributed by atoms with Gasteiger partial charge in [-0.2, -0.15) is 0 Å². The summed E-state index contributed by atoms with van der Waals surface area (Å²) in [4.78, 5) is 52.0. The van der Waals surface area contributed by atoms with E-state index in [-0.39, 0.29) is 23.2 Å². The van der Waals surface area contributed by atoms with Gasteiger partial charge in [0.1, 0.15) is 5.69 Å². The van der Waals surface area contributed by atoms with Crippen LogP contribution in [-0.4, -0.2) is 36.7 Å². The molecule has 2 N–H and O–H groups in total. The number of nitrogens with one attached hydrogen (secondary N) is 2. The zero-order chi connectivity index (χ0) is 31.9. The molecule has 11 nitrogen and oxygen atoms in total. The lowest BCUT2D eigenvalue weighted by Crippen LogP contribution is -2.28. The lowest BCUT2D eigenvalue weighted by molar-refractivity contribution is -0.384. The number of aromatic nitrogens is 4. The topological polar surface area (TPSA) is 153 Å². The molecule has 2 aromatic heterocycles. The zero-order valence-electron chi connectivity index (χ0n) is 24.5. The Morgan fingerprint density at radius 3 is 1.67 bits per heavy atom. The predicted molar refractivity (Wildman–Crippen MR) is 173 cm³/mol. The van der Waals surface area contributed by atoms with Gasteiger partial charge in [-0.15, -0.1) is 0 Å². The fourth-order valence-corrected chi connectivity index (χ4v) is 4.15. The monoisotopic (exact) mass is 711 g/mol. The number of halogens is 2. The first kappa shape index (κ1) is 33.4. The van der Waals surface area contributed by atoms with Crippen LogP contribution in [0.3, 0.4) is 0 Å². The van der Waals surface area contributed by atoms with Crippen LogP contribution in [-0.2, 0) is 9.59 Å². The predicted octanol–water partition coefficient (Wildman–Crippen LogP) is 7.69. The second-order valence-corrected chi connectivity index (χ2v) is 13.2. The molecule has 43 heavy (non-hydrogen) atoms. The molecule has 0 radical (unpaired) electrons. The number of anilines is 2. The number of hydrogen-bond donors (Lipinski definition) is 2. The van der Waals surface area contributed by atoms with Gasteiger partial charge in [0.05, 0.1) is 16.2 Å². The lowest BCUT2D eigenvalue weighted by Gasteiger charge is -2.19. The van der Waals surface area contributed by atoms with E-state index in [1.165, 1.54) is 18.5 Å². The van der Waals surface area contributed by atoms with Gasteiger partial charge >= 0.3 is 0 Å². The third-order valence-corrected chi connectivity index (χ3v) is 6.67. The summed E-state index contributed by atoms with van der Waals surface area (Å²) in [5, 5.41) is 17.0. The van der Waals surface area contributed by atoms with Gasteiger partial charge in [-0.25, -0.2) is 19.9 Å². The molecule has 0 aliphatic rings. The molecule has 4 aromatic rings. The average Bonchev–Trinajstić information content (AvgIpc) is 2.94. The van der Waals surface area contributed by atoms with E-state index in [1.54, 1.807) is 51.4 Å². The van der Waals surface area contributed by atoms with E-state index in [0.29, 0.717) is 27.4 Å². The molecule has 0 saturated heterocycles. The number of nitro benzene ring substituents is 1. The molecule has 0 fully saturated rings. The Hall–Kier alpha value is -4.10. The number of amides is 2. The summed E-state index contributed by atoms with van der Waals surface area (Å²) in [6.45, 7) is 10.8. The van der Waals surface area contributed by atoms with Crippen LogP contribution in [0.1, 0.15) is 41.5 Å². The van der Waals surface area contributed by atoms with Gasteiger partial charge < -0.3 is 10.6 Å². The van der Waals surface area contributed by atoms with Crippen molar-refractivity contribution in [2.75, 3.05) is 10.6 Å². The molecule has 0 aliphatic carbocycles. The quantitative estimate of drug-likeness (QED) is 0.158. The summed E-state index contributed by atoms with van der Waals surface area (Å²) in [7, 11) is 0. The molecular weight excluding hydrogens is 682 g/mol. The summed E-state index contributed by atoms with van der Waals surface area (Å²) >= 11 is 6.68. The summed E-state index contributed by atoms with van der Waals surface area (Å²) in [6, 6.07) is 12.0. The minimum absolute atomic E-state index is 0.0444. The highest BCUT2D eigenvalue weighted by atomic mass is 79.9. The molecule has 13 heteroatoms. The Bertz CT molecular complexity index is 1620. The third-order valence-electron chi connectivity index (χ3n) is 5.72. The number of hydrogen-bond acceptors (Lipinski definition) is 8. The van der Waals surface area contributed by atoms with Crippen LogP contribution in [0, 0.1) is 20.9 Å². The molecule has 2 amide bonds. The van der Waals surface area contributed by atoms with Gasteiger partial charge in [0.15, 0.2) is 11.6 Å². The number of nitro groups is 1. The Balaban J connectivity index is 0.000000238. The highest BCUT2D eigenvalue weighted by molar-refractivity contribution is 9.10. The molecule has 0 unspecified atom stereocenters. The van der Waals surface area contributed by atoms with E-state index in [4.69, 9.17) is 0 Å². The zero-order valence-corrected chi connectivity index (χ0v) is 27.6. The maximum Gasteiger partial charge on any atom is 0.294 e. The van der Waals surface area contributed by atoms with E-state index >= 15 is 0 Å². The van der Waals surface area contributed by atoms with Crippen molar-refractivity contribution in [1.29, 1.82) is 0 Å². The molecular formula is C30H31Br2N7O4. The number of rotatable bonds is 5. The Morgan fingerprint density at radius 2 is 1.19 bits per heavy atom. The first-order chi connectivity index (χ1) is 20.1. The van der Waals surface area contributed by atoms with Gasteiger partial charge in [-0.05, 0) is 36.4 Å². The van der Waals surface area contributed by atoms with Crippen molar-refractivity contribution >= 4 is 60.7 Å². The van der Waals surface area contributed by atoms with Gasteiger partial charge in [0, 0.05) is 56.2 Å². The maximum absolute atomic E-state index is 12.3. The van der Waals surface area contributed by atoms with E-state index in [9.17, 15) is 19.7 Å². The highest BCUT2D eigenvalue weighted by Gasteiger charge is 2.28. The largest absolute Gasteiger partial charge is 0.325 e. The molecule has 2 aromatic carbocycles. The van der Waals surface area contributed by atoms with Gasteiger partial charge in [-0.1, -0.05) is 73.4 Å². The number of nitrogens with zero attached hydrogens (tertiary/aromatic N) is 5. The van der Waals surface area contributed by atoms with Gasteiger partial charge in [0.25, 0.3) is 5.69 Å².